The summed E-state index contributed by atoms with van der Waals surface area (Å²) in [5.41, 5.74) is 1.36. The Hall–Kier alpha value is -2.50. The summed E-state index contributed by atoms with van der Waals surface area (Å²) in [4.78, 5) is 18.8. The predicted octanol–water partition coefficient (Wildman–Crippen LogP) is 3.47. The Labute approximate surface area is 166 Å². The van der Waals surface area contributed by atoms with Crippen LogP contribution >= 0.6 is 0 Å². The Bertz CT molecular complexity index is 786. The quantitative estimate of drug-likeness (QED) is 0.798. The van der Waals surface area contributed by atoms with E-state index in [1.54, 1.807) is 0 Å². The van der Waals surface area contributed by atoms with Crippen LogP contribution in [0.5, 0.6) is 5.75 Å². The average molecular weight is 383 g/mol. The molecule has 1 aromatic carbocycles. The summed E-state index contributed by atoms with van der Waals surface area (Å²) in [5, 5.41) is 3.18. The van der Waals surface area contributed by atoms with Gasteiger partial charge >= 0.3 is 6.03 Å². The van der Waals surface area contributed by atoms with Crippen molar-refractivity contribution in [2.45, 2.75) is 39.2 Å². The van der Waals surface area contributed by atoms with Gasteiger partial charge in [-0.3, -0.25) is 0 Å². The summed E-state index contributed by atoms with van der Waals surface area (Å²) in [5.74, 6) is 1.33. The minimum atomic E-state index is 0.0671. The van der Waals surface area contributed by atoms with Crippen LogP contribution in [0.2, 0.25) is 0 Å². The highest BCUT2D eigenvalue weighted by atomic mass is 16.5. The molecule has 0 spiro atoms. The molecule has 0 radical (unpaired) electrons. The molecule has 2 aromatic rings. The number of ether oxygens (including phenoxy) is 1. The number of para-hydroxylation sites is 1. The number of piperidine rings is 1. The zero-order valence-corrected chi connectivity index (χ0v) is 16.6. The summed E-state index contributed by atoms with van der Waals surface area (Å²) in [6.45, 7) is 6.01. The number of imidazole rings is 1. The molecule has 6 nitrogen and oxygen atoms in total. The van der Waals surface area contributed by atoms with Crippen molar-refractivity contribution in [3.05, 3.63) is 48.5 Å². The minimum absolute atomic E-state index is 0.0671. The molecule has 0 bridgehead atoms. The molecular formula is C22H30N4O2. The number of hydrogen-bond donors (Lipinski definition) is 1. The Morgan fingerprint density at radius 2 is 2.21 bits per heavy atom. The lowest BCUT2D eigenvalue weighted by molar-refractivity contribution is 0.136. The van der Waals surface area contributed by atoms with E-state index in [9.17, 15) is 4.79 Å². The van der Waals surface area contributed by atoms with Crippen molar-refractivity contribution >= 4 is 6.03 Å². The molecule has 2 amide bonds. The lowest BCUT2D eigenvalue weighted by atomic mass is 9.99. The third kappa shape index (κ3) is 4.66. The summed E-state index contributed by atoms with van der Waals surface area (Å²) < 4.78 is 8.13. The van der Waals surface area contributed by atoms with E-state index in [1.807, 2.05) is 41.8 Å². The number of nitrogens with zero attached hydrogens (tertiary/aromatic N) is 3. The lowest BCUT2D eigenvalue weighted by Gasteiger charge is -2.33. The van der Waals surface area contributed by atoms with E-state index in [0.717, 1.165) is 50.3 Å². The Morgan fingerprint density at radius 3 is 2.96 bits per heavy atom. The van der Waals surface area contributed by atoms with Crippen molar-refractivity contribution in [1.29, 1.82) is 0 Å². The van der Waals surface area contributed by atoms with Gasteiger partial charge < -0.3 is 19.5 Å². The third-order valence-corrected chi connectivity index (χ3v) is 6.02. The maximum absolute atomic E-state index is 12.7. The van der Waals surface area contributed by atoms with Crippen LogP contribution in [-0.4, -0.2) is 46.7 Å². The number of nitrogens with one attached hydrogen (secondary N) is 1. The van der Waals surface area contributed by atoms with Gasteiger partial charge in [-0.05, 0) is 44.2 Å². The van der Waals surface area contributed by atoms with Crippen LogP contribution in [0.4, 0.5) is 4.79 Å². The fraction of sp³-hybridized carbons (Fsp3) is 0.545. The molecule has 1 saturated carbocycles. The number of carbonyl (C=O) groups is 1. The first-order valence-corrected chi connectivity index (χ1v) is 10.3. The van der Waals surface area contributed by atoms with E-state index < -0.39 is 0 Å². The lowest BCUT2D eigenvalue weighted by Crippen LogP contribution is -2.48. The van der Waals surface area contributed by atoms with Crippen LogP contribution in [0.1, 0.15) is 31.2 Å². The van der Waals surface area contributed by atoms with Gasteiger partial charge in [-0.15, -0.1) is 0 Å². The highest BCUT2D eigenvalue weighted by molar-refractivity contribution is 5.74. The van der Waals surface area contributed by atoms with Crippen LogP contribution in [0.3, 0.4) is 0 Å². The van der Waals surface area contributed by atoms with E-state index in [2.05, 4.69) is 27.9 Å². The van der Waals surface area contributed by atoms with Crippen molar-refractivity contribution in [2.24, 2.45) is 11.3 Å². The number of rotatable bonds is 7. The molecule has 1 aliphatic carbocycles. The van der Waals surface area contributed by atoms with E-state index >= 15 is 0 Å². The van der Waals surface area contributed by atoms with Crippen LogP contribution in [0, 0.1) is 18.3 Å². The van der Waals surface area contributed by atoms with Crippen LogP contribution < -0.4 is 10.1 Å². The normalized spacial score (nSPS) is 20.6. The molecule has 6 heteroatoms. The smallest absolute Gasteiger partial charge is 0.317 e. The number of aryl methyl sites for hydroxylation is 1. The van der Waals surface area contributed by atoms with E-state index in [0.29, 0.717) is 12.5 Å². The molecular weight excluding hydrogens is 352 g/mol. The monoisotopic (exact) mass is 382 g/mol. The Morgan fingerprint density at radius 1 is 1.36 bits per heavy atom. The highest BCUT2D eigenvalue weighted by Crippen LogP contribution is 2.46. The SMILES string of the molecule is Cc1ccccc1OC[C@H]1CCCN(C(=O)NCC2(Cn3ccnc3)CC2)C1. The summed E-state index contributed by atoms with van der Waals surface area (Å²) >= 11 is 0. The predicted molar refractivity (Wildman–Crippen MR) is 108 cm³/mol. The summed E-state index contributed by atoms with van der Waals surface area (Å²) in [7, 11) is 0. The first kappa shape index (κ1) is 18.8. The largest absolute Gasteiger partial charge is 0.493 e. The Balaban J connectivity index is 1.24. The number of benzene rings is 1. The van der Waals surface area contributed by atoms with Crippen molar-refractivity contribution in [3.8, 4) is 5.75 Å². The molecule has 28 heavy (non-hydrogen) atoms. The number of likely N-dealkylation sites (tertiary alicyclic amines) is 1. The van der Waals surface area contributed by atoms with Gasteiger partial charge in [-0.25, -0.2) is 9.78 Å². The van der Waals surface area contributed by atoms with Gasteiger partial charge in [-0.2, -0.15) is 0 Å². The first-order chi connectivity index (χ1) is 13.6. The topological polar surface area (TPSA) is 59.4 Å². The fourth-order valence-electron chi connectivity index (χ4n) is 4.02. The van der Waals surface area contributed by atoms with Gasteiger partial charge in [0.1, 0.15) is 5.75 Å². The van der Waals surface area contributed by atoms with Crippen LogP contribution in [0.15, 0.2) is 43.0 Å². The zero-order chi connectivity index (χ0) is 19.4. The number of urea groups is 1. The highest BCUT2D eigenvalue weighted by Gasteiger charge is 2.43. The van der Waals surface area contributed by atoms with Gasteiger partial charge in [0.05, 0.1) is 12.9 Å². The van der Waals surface area contributed by atoms with E-state index in [4.69, 9.17) is 4.74 Å². The molecule has 1 aliphatic heterocycles. The molecule has 2 heterocycles. The van der Waals surface area contributed by atoms with Gasteiger partial charge in [0.15, 0.2) is 0 Å². The maximum atomic E-state index is 12.7. The standard InChI is InChI=1S/C22H30N4O2/c1-18-5-2-3-7-20(18)28-14-19-6-4-11-26(13-19)21(27)24-15-22(8-9-22)16-25-12-10-23-17-25/h2-3,5,7,10,12,17,19H,4,6,8-9,11,13-16H2,1H3,(H,24,27)/t19-/m0/s1. The Kier molecular flexibility index (Phi) is 5.55. The van der Waals surface area contributed by atoms with Crippen LogP contribution in [-0.2, 0) is 6.54 Å². The minimum Gasteiger partial charge on any atom is -0.493 e. The summed E-state index contributed by atoms with van der Waals surface area (Å²) in [6.07, 6.45) is 10.1. The van der Waals surface area contributed by atoms with Gasteiger partial charge in [0.25, 0.3) is 0 Å². The summed E-state index contributed by atoms with van der Waals surface area (Å²) in [6, 6.07) is 8.16. The van der Waals surface area contributed by atoms with Crippen molar-refractivity contribution in [1.82, 2.24) is 19.8 Å². The fourth-order valence-corrected chi connectivity index (χ4v) is 4.02. The second kappa shape index (κ2) is 8.25. The van der Waals surface area contributed by atoms with Gasteiger partial charge in [-0.1, -0.05) is 18.2 Å². The molecule has 0 unspecified atom stereocenters. The number of aromatic nitrogens is 2. The molecule has 1 atom stereocenters. The molecule has 2 aliphatic rings. The average Bonchev–Trinajstić information content (AvgIpc) is 3.28. The maximum Gasteiger partial charge on any atom is 0.317 e. The van der Waals surface area contributed by atoms with Crippen molar-refractivity contribution in [2.75, 3.05) is 26.2 Å². The second-order valence-corrected chi connectivity index (χ2v) is 8.42. The number of carbonyl (C=O) groups excluding carboxylic acids is 1. The molecule has 150 valence electrons. The third-order valence-electron chi connectivity index (χ3n) is 6.02. The zero-order valence-electron chi connectivity index (χ0n) is 16.6. The van der Waals surface area contributed by atoms with Crippen molar-refractivity contribution in [3.63, 3.8) is 0 Å². The molecule has 4 rings (SSSR count). The number of hydrogen-bond acceptors (Lipinski definition) is 3. The molecule has 1 saturated heterocycles. The second-order valence-electron chi connectivity index (χ2n) is 8.42. The van der Waals surface area contributed by atoms with Crippen molar-refractivity contribution < 1.29 is 9.53 Å². The van der Waals surface area contributed by atoms with Gasteiger partial charge in [0.2, 0.25) is 0 Å². The molecule has 1 aromatic heterocycles. The number of amides is 2. The van der Waals surface area contributed by atoms with Crippen LogP contribution in [0.25, 0.3) is 0 Å². The van der Waals surface area contributed by atoms with Gasteiger partial charge in [0, 0.05) is 49.9 Å². The van der Waals surface area contributed by atoms with E-state index in [1.165, 1.54) is 12.8 Å². The first-order valence-electron chi connectivity index (χ1n) is 10.3. The van der Waals surface area contributed by atoms with E-state index in [-0.39, 0.29) is 11.4 Å². The molecule has 2 fully saturated rings. The molecule has 1 N–H and O–H groups in total.